The number of ether oxygens (including phenoxy) is 1. The summed E-state index contributed by atoms with van der Waals surface area (Å²) in [4.78, 5) is 16.7. The van der Waals surface area contributed by atoms with E-state index in [1.807, 2.05) is 42.5 Å². The lowest BCUT2D eigenvalue weighted by atomic mass is 10.1. The lowest BCUT2D eigenvalue weighted by Gasteiger charge is -2.09. The van der Waals surface area contributed by atoms with Crippen molar-refractivity contribution in [2.75, 3.05) is 18.9 Å². The third-order valence-electron chi connectivity index (χ3n) is 4.01. The maximum absolute atomic E-state index is 12.0. The molecule has 0 radical (unpaired) electrons. The van der Waals surface area contributed by atoms with Crippen LogP contribution in [0.3, 0.4) is 0 Å². The van der Waals surface area contributed by atoms with Crippen molar-refractivity contribution in [2.45, 2.75) is 18.9 Å². The van der Waals surface area contributed by atoms with E-state index in [0.717, 1.165) is 27.2 Å². The maximum Gasteiger partial charge on any atom is 0.230 e. The molecule has 0 unspecified atom stereocenters. The molecule has 0 saturated carbocycles. The average Bonchev–Trinajstić information content (AvgIpc) is 2.65. The summed E-state index contributed by atoms with van der Waals surface area (Å²) in [5.41, 5.74) is 3.33. The fourth-order valence-corrected chi connectivity index (χ4v) is 3.47. The summed E-state index contributed by atoms with van der Waals surface area (Å²) in [5, 5.41) is 4.91. The normalized spacial score (nSPS) is 10.7. The van der Waals surface area contributed by atoms with Crippen molar-refractivity contribution >= 4 is 28.6 Å². The monoisotopic (exact) mass is 366 g/mol. The Labute approximate surface area is 158 Å². The van der Waals surface area contributed by atoms with Crippen molar-refractivity contribution in [3.05, 3.63) is 65.7 Å². The summed E-state index contributed by atoms with van der Waals surface area (Å²) < 4.78 is 5.56. The van der Waals surface area contributed by atoms with Crippen LogP contribution in [0.25, 0.3) is 10.9 Å². The van der Waals surface area contributed by atoms with Crippen molar-refractivity contribution in [3.8, 4) is 5.75 Å². The highest BCUT2D eigenvalue weighted by Gasteiger charge is 2.08. The standard InChI is InChI=1S/C21H22N2O2S/c1-15-7-6-10-18-16(2)13-20(23-21(15)18)26-14-19(24)22-11-12-25-17-8-4-3-5-9-17/h3-10,13H,11-12,14H2,1-2H3,(H,22,24). The van der Waals surface area contributed by atoms with Crippen LogP contribution in [0.2, 0.25) is 0 Å². The van der Waals surface area contributed by atoms with Crippen molar-refractivity contribution in [1.29, 1.82) is 0 Å². The van der Waals surface area contributed by atoms with Gasteiger partial charge in [0.15, 0.2) is 0 Å². The van der Waals surface area contributed by atoms with Gasteiger partial charge in [-0.25, -0.2) is 4.98 Å². The topological polar surface area (TPSA) is 51.2 Å². The van der Waals surface area contributed by atoms with Gasteiger partial charge in [-0.1, -0.05) is 48.2 Å². The van der Waals surface area contributed by atoms with Crippen LogP contribution in [0.15, 0.2) is 59.6 Å². The largest absolute Gasteiger partial charge is 0.492 e. The number of hydrogen-bond donors (Lipinski definition) is 1. The highest BCUT2D eigenvalue weighted by atomic mass is 32.2. The molecule has 26 heavy (non-hydrogen) atoms. The first kappa shape index (κ1) is 18.3. The SMILES string of the molecule is Cc1cc(SCC(=O)NCCOc2ccccc2)nc2c(C)cccc12. The first-order valence-electron chi connectivity index (χ1n) is 8.58. The van der Waals surface area contributed by atoms with E-state index in [9.17, 15) is 4.79 Å². The van der Waals surface area contributed by atoms with Gasteiger partial charge < -0.3 is 10.1 Å². The fraction of sp³-hybridized carbons (Fsp3) is 0.238. The lowest BCUT2D eigenvalue weighted by molar-refractivity contribution is -0.118. The molecule has 1 aromatic heterocycles. The van der Waals surface area contributed by atoms with Gasteiger partial charge in [-0.05, 0) is 43.2 Å². The number of para-hydroxylation sites is 2. The number of rotatable bonds is 7. The molecule has 0 saturated heterocycles. The molecule has 3 aromatic rings. The van der Waals surface area contributed by atoms with Crippen LogP contribution >= 0.6 is 11.8 Å². The number of fused-ring (bicyclic) bond motifs is 1. The minimum Gasteiger partial charge on any atom is -0.492 e. The quantitative estimate of drug-likeness (QED) is 0.504. The van der Waals surface area contributed by atoms with E-state index in [4.69, 9.17) is 9.72 Å². The second-order valence-corrected chi connectivity index (χ2v) is 7.04. The van der Waals surface area contributed by atoms with Crippen LogP contribution in [0.4, 0.5) is 0 Å². The Hall–Kier alpha value is -2.53. The Bertz CT molecular complexity index is 897. The van der Waals surface area contributed by atoms with E-state index >= 15 is 0 Å². The summed E-state index contributed by atoms with van der Waals surface area (Å²) in [7, 11) is 0. The number of nitrogens with zero attached hydrogens (tertiary/aromatic N) is 1. The smallest absolute Gasteiger partial charge is 0.230 e. The van der Waals surface area contributed by atoms with E-state index in [2.05, 4.69) is 31.3 Å². The molecule has 1 amide bonds. The Morgan fingerprint density at radius 1 is 1.08 bits per heavy atom. The molecule has 0 aliphatic heterocycles. The molecule has 1 N–H and O–H groups in total. The number of carbonyl (C=O) groups is 1. The van der Waals surface area contributed by atoms with Gasteiger partial charge in [0.1, 0.15) is 12.4 Å². The van der Waals surface area contributed by atoms with E-state index in [1.165, 1.54) is 17.3 Å². The van der Waals surface area contributed by atoms with Crippen molar-refractivity contribution in [2.24, 2.45) is 0 Å². The third-order valence-corrected chi connectivity index (χ3v) is 4.92. The van der Waals surface area contributed by atoms with Gasteiger partial charge in [0.25, 0.3) is 0 Å². The number of amides is 1. The average molecular weight is 366 g/mol. The number of aromatic nitrogens is 1. The minimum atomic E-state index is -0.0176. The number of benzene rings is 2. The lowest BCUT2D eigenvalue weighted by Crippen LogP contribution is -2.29. The van der Waals surface area contributed by atoms with Gasteiger partial charge >= 0.3 is 0 Å². The number of aryl methyl sites for hydroxylation is 2. The zero-order valence-corrected chi connectivity index (χ0v) is 15.8. The van der Waals surface area contributed by atoms with Crippen molar-refractivity contribution < 1.29 is 9.53 Å². The van der Waals surface area contributed by atoms with E-state index < -0.39 is 0 Å². The van der Waals surface area contributed by atoms with Crippen LogP contribution in [0.5, 0.6) is 5.75 Å². The van der Waals surface area contributed by atoms with Gasteiger partial charge in [0, 0.05) is 5.39 Å². The molecular weight excluding hydrogens is 344 g/mol. The van der Waals surface area contributed by atoms with Crippen LogP contribution in [-0.2, 0) is 4.79 Å². The molecular formula is C21H22N2O2S. The molecule has 0 bridgehead atoms. The number of nitrogens with one attached hydrogen (secondary N) is 1. The molecule has 0 spiro atoms. The van der Waals surface area contributed by atoms with Gasteiger partial charge in [0.05, 0.1) is 22.8 Å². The summed E-state index contributed by atoms with van der Waals surface area (Å²) in [6, 6.07) is 17.8. The second-order valence-electron chi connectivity index (χ2n) is 6.05. The molecule has 0 aliphatic carbocycles. The zero-order chi connectivity index (χ0) is 18.4. The summed E-state index contributed by atoms with van der Waals surface area (Å²) >= 11 is 1.46. The number of carbonyl (C=O) groups excluding carboxylic acids is 1. The predicted molar refractivity (Wildman–Crippen MR) is 107 cm³/mol. The summed E-state index contributed by atoms with van der Waals surface area (Å²) in [6.45, 7) is 5.07. The van der Waals surface area contributed by atoms with Crippen LogP contribution in [0.1, 0.15) is 11.1 Å². The fourth-order valence-electron chi connectivity index (χ4n) is 2.67. The van der Waals surface area contributed by atoms with Gasteiger partial charge in [-0.3, -0.25) is 4.79 Å². The van der Waals surface area contributed by atoms with E-state index in [1.54, 1.807) is 0 Å². The van der Waals surface area contributed by atoms with Crippen LogP contribution in [-0.4, -0.2) is 29.8 Å². The Morgan fingerprint density at radius 2 is 1.88 bits per heavy atom. The maximum atomic E-state index is 12.0. The molecule has 4 nitrogen and oxygen atoms in total. The second kappa shape index (κ2) is 8.72. The molecule has 134 valence electrons. The predicted octanol–water partition coefficient (Wildman–Crippen LogP) is 4.14. The summed E-state index contributed by atoms with van der Waals surface area (Å²) in [5.74, 6) is 1.13. The van der Waals surface area contributed by atoms with Crippen molar-refractivity contribution in [3.63, 3.8) is 0 Å². The molecule has 0 atom stereocenters. The van der Waals surface area contributed by atoms with Crippen molar-refractivity contribution in [1.82, 2.24) is 10.3 Å². The zero-order valence-electron chi connectivity index (χ0n) is 15.0. The van der Waals surface area contributed by atoms with Gasteiger partial charge in [-0.2, -0.15) is 0 Å². The molecule has 2 aromatic carbocycles. The molecule has 1 heterocycles. The highest BCUT2D eigenvalue weighted by Crippen LogP contribution is 2.25. The molecule has 3 rings (SSSR count). The van der Waals surface area contributed by atoms with E-state index in [-0.39, 0.29) is 5.91 Å². The number of pyridine rings is 1. The highest BCUT2D eigenvalue weighted by molar-refractivity contribution is 7.99. The molecule has 0 aliphatic rings. The first-order valence-corrected chi connectivity index (χ1v) is 9.56. The van der Waals surface area contributed by atoms with E-state index in [0.29, 0.717) is 18.9 Å². The van der Waals surface area contributed by atoms with Gasteiger partial charge in [-0.15, -0.1) is 0 Å². The Morgan fingerprint density at radius 3 is 2.69 bits per heavy atom. The first-order chi connectivity index (χ1) is 12.6. The van der Waals surface area contributed by atoms with Gasteiger partial charge in [0.2, 0.25) is 5.91 Å². The minimum absolute atomic E-state index is 0.0176. The molecule has 5 heteroatoms. The Balaban J connectivity index is 1.48. The number of thioether (sulfide) groups is 1. The third kappa shape index (κ3) is 4.76. The Kier molecular flexibility index (Phi) is 6.12. The van der Waals surface area contributed by atoms with Crippen LogP contribution in [0, 0.1) is 13.8 Å². The summed E-state index contributed by atoms with van der Waals surface area (Å²) in [6.07, 6.45) is 0. The molecule has 0 fully saturated rings. The number of hydrogen-bond acceptors (Lipinski definition) is 4. The van der Waals surface area contributed by atoms with Crippen LogP contribution < -0.4 is 10.1 Å².